The Labute approximate surface area is 154 Å². The largest absolute Gasteiger partial charge is 0.400 e. The van der Waals surface area contributed by atoms with Crippen LogP contribution in [0.1, 0.15) is 33.6 Å². The van der Waals surface area contributed by atoms with E-state index in [-0.39, 0.29) is 6.03 Å². The summed E-state index contributed by atoms with van der Waals surface area (Å²) in [5, 5.41) is 12.9. The van der Waals surface area contributed by atoms with Crippen LogP contribution in [0.3, 0.4) is 0 Å². The highest BCUT2D eigenvalue weighted by Gasteiger charge is 2.18. The van der Waals surface area contributed by atoms with E-state index in [1.54, 1.807) is 11.0 Å². The maximum Gasteiger partial charge on any atom is 0.321 e. The number of aliphatic hydroxyl groups excluding tert-OH is 1. The summed E-state index contributed by atoms with van der Waals surface area (Å²) >= 11 is 0. The van der Waals surface area contributed by atoms with Crippen LogP contribution in [0.2, 0.25) is 0 Å². The SMILES string of the molecule is C#C.C=CC.CCC.CNc1ccc(N2CCCNC2=O)cc1.CO. The van der Waals surface area contributed by atoms with Gasteiger partial charge in [-0.15, -0.1) is 19.4 Å². The lowest BCUT2D eigenvalue weighted by atomic mass is 10.2. The predicted octanol–water partition coefficient (Wildman–Crippen LogP) is 4.11. The van der Waals surface area contributed by atoms with E-state index in [1.165, 1.54) is 6.42 Å². The van der Waals surface area contributed by atoms with Crippen LogP contribution in [0.5, 0.6) is 0 Å². The number of amides is 2. The number of nitrogens with zero attached hydrogens (tertiary/aromatic N) is 1. The number of allylic oxidation sites excluding steroid dienone is 1. The third-order valence-corrected chi connectivity index (χ3v) is 2.55. The topological polar surface area (TPSA) is 64.6 Å². The fourth-order valence-corrected chi connectivity index (χ4v) is 1.68. The summed E-state index contributed by atoms with van der Waals surface area (Å²) in [4.78, 5) is 13.3. The minimum Gasteiger partial charge on any atom is -0.400 e. The van der Waals surface area contributed by atoms with Crippen molar-refractivity contribution < 1.29 is 9.90 Å². The molecule has 1 aromatic rings. The highest BCUT2D eigenvalue weighted by molar-refractivity contribution is 5.92. The van der Waals surface area contributed by atoms with Crippen molar-refractivity contribution in [3.05, 3.63) is 36.9 Å². The fourth-order valence-electron chi connectivity index (χ4n) is 1.68. The van der Waals surface area contributed by atoms with Gasteiger partial charge in [-0.1, -0.05) is 26.3 Å². The van der Waals surface area contributed by atoms with Crippen molar-refractivity contribution in [2.24, 2.45) is 0 Å². The Morgan fingerprint density at radius 2 is 1.72 bits per heavy atom. The first-order valence-electron chi connectivity index (χ1n) is 8.32. The molecule has 25 heavy (non-hydrogen) atoms. The standard InChI is InChI=1S/C11H15N3O.C3H8.C3H6.C2H2.CH4O/c1-12-9-3-5-10(6-4-9)14-8-2-7-13-11(14)15;2*1-3-2;2*1-2/h3-6,12H,2,7-8H2,1H3,(H,13,15);3H2,1-2H3;3H,1H2,2H3;1-2H;2H,1H3. The number of aliphatic hydroxyl groups is 1. The van der Waals surface area contributed by atoms with Crippen molar-refractivity contribution in [3.8, 4) is 12.8 Å². The number of hydrogen-bond acceptors (Lipinski definition) is 3. The average molecular weight is 350 g/mol. The molecule has 5 heteroatoms. The van der Waals surface area contributed by atoms with Crippen LogP contribution in [0.15, 0.2) is 36.9 Å². The van der Waals surface area contributed by atoms with Gasteiger partial charge in [-0.3, -0.25) is 4.90 Å². The molecule has 1 aromatic carbocycles. The number of carbonyl (C=O) groups is 1. The van der Waals surface area contributed by atoms with E-state index in [4.69, 9.17) is 5.11 Å². The van der Waals surface area contributed by atoms with Crippen molar-refractivity contribution in [2.45, 2.75) is 33.6 Å². The van der Waals surface area contributed by atoms with Crippen LogP contribution in [0.25, 0.3) is 0 Å². The van der Waals surface area contributed by atoms with Gasteiger partial charge in [-0.25, -0.2) is 4.79 Å². The molecule has 3 N–H and O–H groups in total. The summed E-state index contributed by atoms with van der Waals surface area (Å²) < 4.78 is 0. The Morgan fingerprint density at radius 1 is 1.28 bits per heavy atom. The van der Waals surface area contributed by atoms with E-state index in [0.29, 0.717) is 0 Å². The zero-order valence-electron chi connectivity index (χ0n) is 16.4. The average Bonchev–Trinajstić information content (AvgIpc) is 2.67. The minimum absolute atomic E-state index is 0.00143. The quantitative estimate of drug-likeness (QED) is 0.556. The normalized spacial score (nSPS) is 11.2. The van der Waals surface area contributed by atoms with Gasteiger partial charge in [0.05, 0.1) is 0 Å². The zero-order valence-corrected chi connectivity index (χ0v) is 16.4. The molecule has 142 valence electrons. The number of carbonyl (C=O) groups excluding carboxylic acids is 1. The molecule has 0 bridgehead atoms. The first-order valence-corrected chi connectivity index (χ1v) is 8.32. The summed E-state index contributed by atoms with van der Waals surface area (Å²) in [6, 6.07) is 7.85. The van der Waals surface area contributed by atoms with Gasteiger partial charge in [-0.05, 0) is 37.6 Å². The molecule has 2 amide bonds. The molecule has 0 radical (unpaired) electrons. The number of terminal acetylenes is 1. The Hall–Kier alpha value is -2.45. The Kier molecular flexibility index (Phi) is 23.6. The van der Waals surface area contributed by atoms with Crippen molar-refractivity contribution in [3.63, 3.8) is 0 Å². The molecular weight excluding hydrogens is 314 g/mol. The monoisotopic (exact) mass is 349 g/mol. The molecule has 0 saturated carbocycles. The number of benzene rings is 1. The molecule has 5 nitrogen and oxygen atoms in total. The van der Waals surface area contributed by atoms with Crippen LogP contribution in [-0.2, 0) is 0 Å². The van der Waals surface area contributed by atoms with E-state index in [0.717, 1.165) is 38.0 Å². The zero-order chi connectivity index (χ0) is 20.1. The maximum absolute atomic E-state index is 11.5. The number of anilines is 2. The number of nitrogens with one attached hydrogen (secondary N) is 2. The van der Waals surface area contributed by atoms with Gasteiger partial charge in [0.25, 0.3) is 0 Å². The van der Waals surface area contributed by atoms with E-state index < -0.39 is 0 Å². The molecule has 0 aromatic heterocycles. The molecule has 1 aliphatic heterocycles. The van der Waals surface area contributed by atoms with Crippen molar-refractivity contribution in [2.75, 3.05) is 37.5 Å². The molecule has 0 spiro atoms. The van der Waals surface area contributed by atoms with Gasteiger partial charge in [0, 0.05) is 38.6 Å². The first kappa shape index (κ1) is 27.4. The third kappa shape index (κ3) is 13.7. The van der Waals surface area contributed by atoms with E-state index >= 15 is 0 Å². The lowest BCUT2D eigenvalue weighted by Gasteiger charge is -2.27. The highest BCUT2D eigenvalue weighted by Crippen LogP contribution is 2.19. The van der Waals surface area contributed by atoms with E-state index in [2.05, 4.69) is 43.9 Å². The molecule has 1 aliphatic rings. The maximum atomic E-state index is 11.5. The number of urea groups is 1. The van der Waals surface area contributed by atoms with Gasteiger partial charge >= 0.3 is 6.03 Å². The molecule has 1 heterocycles. The van der Waals surface area contributed by atoms with Gasteiger partial charge in [0.2, 0.25) is 0 Å². The van der Waals surface area contributed by atoms with Gasteiger partial charge in [0.1, 0.15) is 0 Å². The molecule has 2 rings (SSSR count). The van der Waals surface area contributed by atoms with Crippen LogP contribution in [0.4, 0.5) is 16.2 Å². The van der Waals surface area contributed by atoms with Crippen molar-refractivity contribution >= 4 is 17.4 Å². The van der Waals surface area contributed by atoms with Gasteiger partial charge in [0.15, 0.2) is 0 Å². The summed E-state index contributed by atoms with van der Waals surface area (Å²) in [6.45, 7) is 11.1. The Bertz CT molecular complexity index is 442. The molecule has 1 fully saturated rings. The smallest absolute Gasteiger partial charge is 0.321 e. The summed E-state index contributed by atoms with van der Waals surface area (Å²) in [6.07, 6.45) is 12.0. The second kappa shape index (κ2) is 21.6. The Balaban J connectivity index is -0.000000411. The highest BCUT2D eigenvalue weighted by atomic mass is 16.2. The minimum atomic E-state index is -0.00143. The third-order valence-electron chi connectivity index (χ3n) is 2.55. The fraction of sp³-hybridized carbons (Fsp3) is 0.450. The second-order valence-corrected chi connectivity index (χ2v) is 4.65. The second-order valence-electron chi connectivity index (χ2n) is 4.65. The lowest BCUT2D eigenvalue weighted by Crippen LogP contribution is -2.46. The molecule has 1 saturated heterocycles. The van der Waals surface area contributed by atoms with Crippen LogP contribution < -0.4 is 15.5 Å². The summed E-state index contributed by atoms with van der Waals surface area (Å²) in [7, 11) is 2.88. The lowest BCUT2D eigenvalue weighted by molar-refractivity contribution is 0.243. The van der Waals surface area contributed by atoms with Gasteiger partial charge in [-0.2, -0.15) is 0 Å². The Morgan fingerprint density at radius 3 is 2.08 bits per heavy atom. The van der Waals surface area contributed by atoms with Crippen molar-refractivity contribution in [1.82, 2.24) is 5.32 Å². The van der Waals surface area contributed by atoms with Crippen LogP contribution in [-0.4, -0.2) is 38.4 Å². The molecule has 0 atom stereocenters. The molecular formula is C20H35N3O2. The molecule has 0 aliphatic carbocycles. The van der Waals surface area contributed by atoms with Gasteiger partial charge < -0.3 is 15.7 Å². The van der Waals surface area contributed by atoms with E-state index in [9.17, 15) is 4.79 Å². The molecule has 0 unspecified atom stereocenters. The summed E-state index contributed by atoms with van der Waals surface area (Å²) in [5.41, 5.74) is 2.00. The first-order chi connectivity index (χ1) is 12.1. The van der Waals surface area contributed by atoms with Crippen molar-refractivity contribution in [1.29, 1.82) is 0 Å². The number of hydrogen-bond donors (Lipinski definition) is 3. The van der Waals surface area contributed by atoms with Crippen LogP contribution >= 0.6 is 0 Å². The number of rotatable bonds is 2. The summed E-state index contributed by atoms with van der Waals surface area (Å²) in [5.74, 6) is 0. The predicted molar refractivity (Wildman–Crippen MR) is 111 cm³/mol. The van der Waals surface area contributed by atoms with E-state index in [1.807, 2.05) is 38.2 Å². The van der Waals surface area contributed by atoms with Crippen LogP contribution in [0, 0.1) is 12.8 Å².